The molecule has 3 aromatic rings. The number of carbonyl (C=O) groups is 2. The minimum Gasteiger partial charge on any atom is -0.424 e. The maximum atomic E-state index is 13.2. The van der Waals surface area contributed by atoms with Gasteiger partial charge in [-0.25, -0.2) is 4.99 Å². The number of hydrogen-bond acceptors (Lipinski definition) is 8. The maximum Gasteiger partial charge on any atom is 0.416 e. The van der Waals surface area contributed by atoms with Gasteiger partial charge < -0.3 is 16.2 Å². The monoisotopic (exact) mass is 445 g/mol. The molecule has 10 nitrogen and oxygen atoms in total. The van der Waals surface area contributed by atoms with Crippen LogP contribution in [0.2, 0.25) is 0 Å². The molecule has 0 bridgehead atoms. The third-order valence-electron chi connectivity index (χ3n) is 3.99. The first-order chi connectivity index (χ1) is 15.0. The lowest BCUT2D eigenvalue weighted by Crippen LogP contribution is -2.20. The number of benzene rings is 1. The second-order valence-corrected chi connectivity index (χ2v) is 6.26. The van der Waals surface area contributed by atoms with Gasteiger partial charge in [-0.1, -0.05) is 0 Å². The molecule has 0 saturated heterocycles. The van der Waals surface area contributed by atoms with E-state index in [1.54, 1.807) is 0 Å². The molecule has 2 aromatic heterocycles. The van der Waals surface area contributed by atoms with Crippen molar-refractivity contribution in [3.8, 4) is 22.9 Å². The SMILES string of the molecule is CC(=Nc1cc(C(N)=O)nc(Oc2ccc(C(F)(F)F)cc2-c2ccnnc2)n1)C(N)=O. The Morgan fingerprint density at radius 1 is 1.06 bits per heavy atom. The van der Waals surface area contributed by atoms with Crippen molar-refractivity contribution >= 4 is 23.3 Å². The van der Waals surface area contributed by atoms with E-state index >= 15 is 0 Å². The molecule has 13 heteroatoms. The second-order valence-electron chi connectivity index (χ2n) is 6.26. The van der Waals surface area contributed by atoms with Crippen LogP contribution in [0.1, 0.15) is 23.0 Å². The summed E-state index contributed by atoms with van der Waals surface area (Å²) in [6.07, 6.45) is -2.07. The molecule has 0 unspecified atom stereocenters. The van der Waals surface area contributed by atoms with Gasteiger partial charge in [0.15, 0.2) is 5.82 Å². The third kappa shape index (κ3) is 5.19. The summed E-state index contributed by atoms with van der Waals surface area (Å²) in [4.78, 5) is 34.5. The van der Waals surface area contributed by atoms with Gasteiger partial charge in [-0.3, -0.25) is 9.59 Å². The number of amides is 2. The van der Waals surface area contributed by atoms with Gasteiger partial charge in [-0.15, -0.1) is 0 Å². The highest BCUT2D eigenvalue weighted by atomic mass is 19.4. The molecule has 0 saturated carbocycles. The van der Waals surface area contributed by atoms with Gasteiger partial charge in [0.1, 0.15) is 17.2 Å². The van der Waals surface area contributed by atoms with Crippen LogP contribution >= 0.6 is 0 Å². The van der Waals surface area contributed by atoms with E-state index in [9.17, 15) is 22.8 Å². The summed E-state index contributed by atoms with van der Waals surface area (Å²) in [5.74, 6) is -2.02. The Morgan fingerprint density at radius 3 is 2.41 bits per heavy atom. The van der Waals surface area contributed by atoms with Crippen molar-refractivity contribution in [1.29, 1.82) is 0 Å². The summed E-state index contributed by atoms with van der Waals surface area (Å²) in [6, 6.07) is 4.82. The van der Waals surface area contributed by atoms with Crippen LogP contribution in [-0.2, 0) is 11.0 Å². The molecule has 2 heterocycles. The smallest absolute Gasteiger partial charge is 0.416 e. The van der Waals surface area contributed by atoms with Crippen molar-refractivity contribution < 1.29 is 27.5 Å². The van der Waals surface area contributed by atoms with E-state index in [1.165, 1.54) is 25.4 Å². The van der Waals surface area contributed by atoms with Crippen molar-refractivity contribution in [2.24, 2.45) is 16.5 Å². The highest BCUT2D eigenvalue weighted by Gasteiger charge is 2.31. The van der Waals surface area contributed by atoms with Crippen LogP contribution < -0.4 is 16.2 Å². The Labute approximate surface area is 178 Å². The predicted octanol–water partition coefficient (Wildman–Crippen LogP) is 2.42. The number of primary amides is 2. The Hall–Kier alpha value is -4.42. The molecule has 0 aliphatic rings. The number of carbonyl (C=O) groups excluding carboxylic acids is 2. The molecule has 4 N–H and O–H groups in total. The van der Waals surface area contributed by atoms with Gasteiger partial charge in [-0.05, 0) is 31.2 Å². The maximum absolute atomic E-state index is 13.2. The van der Waals surface area contributed by atoms with Crippen LogP contribution in [0.4, 0.5) is 19.0 Å². The molecular weight excluding hydrogens is 431 g/mol. The van der Waals surface area contributed by atoms with E-state index in [-0.39, 0.29) is 34.1 Å². The first-order valence-corrected chi connectivity index (χ1v) is 8.74. The van der Waals surface area contributed by atoms with E-state index in [4.69, 9.17) is 16.2 Å². The average Bonchev–Trinajstić information content (AvgIpc) is 2.73. The molecule has 3 rings (SSSR count). The number of nitrogens with two attached hydrogens (primary N) is 2. The van der Waals surface area contributed by atoms with E-state index < -0.39 is 29.6 Å². The lowest BCUT2D eigenvalue weighted by atomic mass is 10.0. The Balaban J connectivity index is 2.12. The molecule has 32 heavy (non-hydrogen) atoms. The fourth-order valence-electron chi connectivity index (χ4n) is 2.44. The molecule has 0 aliphatic heterocycles. The summed E-state index contributed by atoms with van der Waals surface area (Å²) in [6.45, 7) is 1.32. The number of hydrogen-bond donors (Lipinski definition) is 2. The first-order valence-electron chi connectivity index (χ1n) is 8.74. The molecule has 1 aromatic carbocycles. The van der Waals surface area contributed by atoms with E-state index in [0.717, 1.165) is 24.3 Å². The van der Waals surface area contributed by atoms with Crippen LogP contribution in [0, 0.1) is 0 Å². The fraction of sp³-hybridized carbons (Fsp3) is 0.105. The zero-order valence-electron chi connectivity index (χ0n) is 16.3. The number of alkyl halides is 3. The van der Waals surface area contributed by atoms with Crippen molar-refractivity contribution in [2.75, 3.05) is 0 Å². The molecule has 164 valence electrons. The van der Waals surface area contributed by atoms with Gasteiger partial charge in [0.25, 0.3) is 11.8 Å². The van der Waals surface area contributed by atoms with Crippen LogP contribution in [0.15, 0.2) is 47.7 Å². The Morgan fingerprint density at radius 2 is 1.81 bits per heavy atom. The third-order valence-corrected chi connectivity index (χ3v) is 3.99. The summed E-state index contributed by atoms with van der Waals surface area (Å²) in [7, 11) is 0. The fourth-order valence-corrected chi connectivity index (χ4v) is 2.44. The van der Waals surface area contributed by atoms with Gasteiger partial charge in [0, 0.05) is 17.2 Å². The summed E-state index contributed by atoms with van der Waals surface area (Å²) in [5.41, 5.74) is 9.34. The quantitative estimate of drug-likeness (QED) is 0.551. The molecule has 0 atom stereocenters. The summed E-state index contributed by atoms with van der Waals surface area (Å²) in [5, 5.41) is 7.26. The largest absolute Gasteiger partial charge is 0.424 e. The summed E-state index contributed by atoms with van der Waals surface area (Å²) >= 11 is 0. The average molecular weight is 445 g/mol. The first kappa shape index (κ1) is 22.3. The molecule has 0 aliphatic carbocycles. The predicted molar refractivity (Wildman–Crippen MR) is 105 cm³/mol. The molecule has 0 radical (unpaired) electrons. The zero-order valence-corrected chi connectivity index (χ0v) is 16.3. The van der Waals surface area contributed by atoms with Crippen molar-refractivity contribution in [3.05, 3.63) is 54.0 Å². The van der Waals surface area contributed by atoms with Gasteiger partial charge in [0.05, 0.1) is 18.0 Å². The normalized spacial score (nSPS) is 11.8. The van der Waals surface area contributed by atoms with E-state index in [2.05, 4.69) is 25.2 Å². The Kier molecular flexibility index (Phi) is 6.09. The molecular formula is C19H14F3N7O3. The van der Waals surface area contributed by atoms with Crippen LogP contribution in [0.25, 0.3) is 11.1 Å². The van der Waals surface area contributed by atoms with Crippen LogP contribution in [0.5, 0.6) is 11.8 Å². The van der Waals surface area contributed by atoms with E-state index in [1.807, 2.05) is 0 Å². The Bertz CT molecular complexity index is 1210. The minimum atomic E-state index is -4.61. The number of nitrogens with zero attached hydrogens (tertiary/aromatic N) is 5. The lowest BCUT2D eigenvalue weighted by Gasteiger charge is -2.14. The number of aromatic nitrogens is 4. The zero-order chi connectivity index (χ0) is 23.5. The van der Waals surface area contributed by atoms with Crippen LogP contribution in [-0.4, -0.2) is 37.7 Å². The highest BCUT2D eigenvalue weighted by molar-refractivity contribution is 6.37. The van der Waals surface area contributed by atoms with Crippen molar-refractivity contribution in [1.82, 2.24) is 20.2 Å². The van der Waals surface area contributed by atoms with Gasteiger partial charge >= 0.3 is 12.2 Å². The summed E-state index contributed by atoms with van der Waals surface area (Å²) < 4.78 is 45.3. The highest BCUT2D eigenvalue weighted by Crippen LogP contribution is 2.38. The van der Waals surface area contributed by atoms with Crippen molar-refractivity contribution in [2.45, 2.75) is 13.1 Å². The number of aliphatic imine (C=N–C) groups is 1. The van der Waals surface area contributed by atoms with Crippen molar-refractivity contribution in [3.63, 3.8) is 0 Å². The molecule has 0 spiro atoms. The standard InChI is InChI=1S/C19H14F3N7O3/c1-9(16(23)30)27-15-7-13(17(24)31)28-18(29-15)32-14-3-2-11(19(20,21)22)6-12(14)10-4-5-25-26-8-10/h2-8H,1H3,(H2,23,30)(H2,24,31). The number of ether oxygens (including phenoxy) is 1. The lowest BCUT2D eigenvalue weighted by molar-refractivity contribution is -0.137. The van der Waals surface area contributed by atoms with Gasteiger partial charge in [-0.2, -0.15) is 33.3 Å². The van der Waals surface area contributed by atoms with E-state index in [0.29, 0.717) is 0 Å². The number of halogens is 3. The van der Waals surface area contributed by atoms with Crippen LogP contribution in [0.3, 0.4) is 0 Å². The number of rotatable bonds is 6. The molecule has 0 fully saturated rings. The molecule has 2 amide bonds. The second kappa shape index (κ2) is 8.75. The van der Waals surface area contributed by atoms with Gasteiger partial charge in [0.2, 0.25) is 0 Å². The minimum absolute atomic E-state index is 0.0150. The topological polar surface area (TPSA) is 159 Å².